The van der Waals surface area contributed by atoms with E-state index in [1.165, 1.54) is 6.07 Å². The van der Waals surface area contributed by atoms with Gasteiger partial charge in [0, 0.05) is 0 Å². The van der Waals surface area contributed by atoms with Crippen molar-refractivity contribution in [2.75, 3.05) is 0 Å². The minimum atomic E-state index is -1.36. The van der Waals surface area contributed by atoms with E-state index in [0.29, 0.717) is 18.4 Å². The lowest BCUT2D eigenvalue weighted by Gasteiger charge is -2.30. The minimum absolute atomic E-state index is 0.0202. The topological polar surface area (TPSA) is 112 Å². The van der Waals surface area contributed by atoms with Gasteiger partial charge in [-0.2, -0.15) is 0 Å². The second kappa shape index (κ2) is 8.11. The smallest absolute Gasteiger partial charge is 0.336 e. The number of carboxylic acid groups (broad SMARTS) is 3. The molecule has 0 spiro atoms. The summed E-state index contributed by atoms with van der Waals surface area (Å²) in [6.07, 6.45) is 8.92. The summed E-state index contributed by atoms with van der Waals surface area (Å²) in [5, 5.41) is 29.5. The van der Waals surface area contributed by atoms with E-state index in [4.69, 9.17) is 0 Å². The van der Waals surface area contributed by atoms with E-state index in [-0.39, 0.29) is 34.1 Å². The van der Waals surface area contributed by atoms with Crippen LogP contribution in [-0.4, -0.2) is 33.2 Å². The summed E-state index contributed by atoms with van der Waals surface area (Å²) in [5.41, 5.74) is 0.219. The minimum Gasteiger partial charge on any atom is -0.478 e. The average molecular weight is 374 g/mol. The van der Waals surface area contributed by atoms with E-state index in [2.05, 4.69) is 0 Å². The Morgan fingerprint density at radius 2 is 1.15 bits per heavy atom. The maximum atomic E-state index is 12.2. The molecule has 2 aliphatic carbocycles. The first kappa shape index (κ1) is 19.4. The normalized spacial score (nSPS) is 19.0. The lowest BCUT2D eigenvalue weighted by molar-refractivity contribution is 0.0646. The van der Waals surface area contributed by atoms with Crippen molar-refractivity contribution in [3.8, 4) is 0 Å². The molecular formula is C21H26O6. The molecule has 0 radical (unpaired) electrons. The van der Waals surface area contributed by atoms with Crippen LogP contribution in [-0.2, 0) is 0 Å². The number of aromatic carboxylic acids is 3. The van der Waals surface area contributed by atoms with E-state index in [1.54, 1.807) is 0 Å². The van der Waals surface area contributed by atoms with Gasteiger partial charge in [-0.25, -0.2) is 14.4 Å². The SMILES string of the molecule is O=C(O)c1cc(C2CCCCC2)c(C(=O)O)c(C2CCCCC2)c1C(=O)O. The highest BCUT2D eigenvalue weighted by molar-refractivity contribution is 6.06. The largest absolute Gasteiger partial charge is 0.478 e. The summed E-state index contributed by atoms with van der Waals surface area (Å²) in [6.45, 7) is 0. The lowest BCUT2D eigenvalue weighted by Crippen LogP contribution is -2.23. The van der Waals surface area contributed by atoms with Crippen molar-refractivity contribution in [3.63, 3.8) is 0 Å². The molecule has 0 amide bonds. The Bertz CT molecular complexity index is 754. The van der Waals surface area contributed by atoms with Crippen LogP contribution in [0.4, 0.5) is 0 Å². The fraction of sp³-hybridized carbons (Fsp3) is 0.571. The molecule has 2 aliphatic rings. The van der Waals surface area contributed by atoms with Gasteiger partial charge in [0.15, 0.2) is 0 Å². The van der Waals surface area contributed by atoms with E-state index in [0.717, 1.165) is 51.4 Å². The zero-order chi connectivity index (χ0) is 19.6. The number of hydrogen-bond acceptors (Lipinski definition) is 3. The van der Waals surface area contributed by atoms with Crippen molar-refractivity contribution >= 4 is 17.9 Å². The zero-order valence-corrected chi connectivity index (χ0v) is 15.4. The van der Waals surface area contributed by atoms with Crippen molar-refractivity contribution in [3.05, 3.63) is 33.9 Å². The van der Waals surface area contributed by atoms with Gasteiger partial charge in [-0.05, 0) is 54.7 Å². The molecular weight excluding hydrogens is 348 g/mol. The predicted octanol–water partition coefficient (Wildman–Crippen LogP) is 4.88. The lowest BCUT2D eigenvalue weighted by atomic mass is 9.73. The van der Waals surface area contributed by atoms with Crippen LogP contribution in [0, 0.1) is 0 Å². The van der Waals surface area contributed by atoms with Crippen LogP contribution in [0.3, 0.4) is 0 Å². The van der Waals surface area contributed by atoms with Crippen molar-refractivity contribution < 1.29 is 29.7 Å². The summed E-state index contributed by atoms with van der Waals surface area (Å²) < 4.78 is 0. The predicted molar refractivity (Wildman–Crippen MR) is 99.0 cm³/mol. The molecule has 0 unspecified atom stereocenters. The van der Waals surface area contributed by atoms with Gasteiger partial charge in [-0.3, -0.25) is 0 Å². The number of carbonyl (C=O) groups is 3. The summed E-state index contributed by atoms with van der Waals surface area (Å²) in [5.74, 6) is -4.04. The van der Waals surface area contributed by atoms with Crippen molar-refractivity contribution in [1.29, 1.82) is 0 Å². The molecule has 0 saturated heterocycles. The first-order valence-electron chi connectivity index (χ1n) is 9.82. The van der Waals surface area contributed by atoms with E-state index < -0.39 is 17.9 Å². The number of carboxylic acids is 3. The van der Waals surface area contributed by atoms with Crippen molar-refractivity contribution in [2.24, 2.45) is 0 Å². The van der Waals surface area contributed by atoms with Crippen molar-refractivity contribution in [2.45, 2.75) is 76.0 Å². The van der Waals surface area contributed by atoms with Crippen LogP contribution in [0.15, 0.2) is 6.07 Å². The Morgan fingerprint density at radius 1 is 0.667 bits per heavy atom. The molecule has 146 valence electrons. The molecule has 6 heteroatoms. The second-order valence-corrected chi connectivity index (χ2v) is 7.76. The van der Waals surface area contributed by atoms with Crippen LogP contribution in [0.2, 0.25) is 0 Å². The van der Waals surface area contributed by atoms with Gasteiger partial charge in [-0.1, -0.05) is 38.5 Å². The molecule has 1 aromatic carbocycles. The van der Waals surface area contributed by atoms with Gasteiger partial charge in [0.1, 0.15) is 0 Å². The van der Waals surface area contributed by atoms with Crippen LogP contribution < -0.4 is 0 Å². The fourth-order valence-electron chi connectivity index (χ4n) is 4.90. The monoisotopic (exact) mass is 374 g/mol. The zero-order valence-electron chi connectivity index (χ0n) is 15.4. The highest BCUT2D eigenvalue weighted by atomic mass is 16.4. The molecule has 2 saturated carbocycles. The van der Waals surface area contributed by atoms with E-state index in [1.807, 2.05) is 0 Å². The molecule has 3 rings (SSSR count). The Balaban J connectivity index is 2.30. The summed E-state index contributed by atoms with van der Waals surface area (Å²) in [7, 11) is 0. The molecule has 2 fully saturated rings. The molecule has 1 aromatic rings. The maximum Gasteiger partial charge on any atom is 0.336 e. The van der Waals surface area contributed by atoms with Gasteiger partial charge in [0.25, 0.3) is 0 Å². The molecule has 0 aliphatic heterocycles. The maximum absolute atomic E-state index is 12.2. The molecule has 0 atom stereocenters. The average Bonchev–Trinajstić information content (AvgIpc) is 2.67. The van der Waals surface area contributed by atoms with Crippen LogP contribution in [0.5, 0.6) is 0 Å². The highest BCUT2D eigenvalue weighted by Gasteiger charge is 2.35. The molecule has 0 aromatic heterocycles. The molecule has 6 nitrogen and oxygen atoms in total. The fourth-order valence-corrected chi connectivity index (χ4v) is 4.90. The number of benzene rings is 1. The second-order valence-electron chi connectivity index (χ2n) is 7.76. The summed E-state index contributed by atoms with van der Waals surface area (Å²) in [6, 6.07) is 1.33. The van der Waals surface area contributed by atoms with Gasteiger partial charge in [0.05, 0.1) is 16.7 Å². The van der Waals surface area contributed by atoms with Gasteiger partial charge in [-0.15, -0.1) is 0 Å². The molecule has 0 heterocycles. The summed E-state index contributed by atoms with van der Waals surface area (Å²) >= 11 is 0. The Morgan fingerprint density at radius 3 is 1.59 bits per heavy atom. The molecule has 27 heavy (non-hydrogen) atoms. The molecule has 3 N–H and O–H groups in total. The van der Waals surface area contributed by atoms with Gasteiger partial charge < -0.3 is 15.3 Å². The molecule has 0 bridgehead atoms. The Labute approximate surface area is 158 Å². The summed E-state index contributed by atoms with van der Waals surface area (Å²) in [4.78, 5) is 36.1. The first-order valence-corrected chi connectivity index (χ1v) is 9.82. The van der Waals surface area contributed by atoms with E-state index >= 15 is 0 Å². The van der Waals surface area contributed by atoms with Crippen molar-refractivity contribution in [1.82, 2.24) is 0 Å². The van der Waals surface area contributed by atoms with Crippen LogP contribution in [0.1, 0.15) is 118 Å². The van der Waals surface area contributed by atoms with E-state index in [9.17, 15) is 29.7 Å². The number of rotatable bonds is 5. The van der Waals surface area contributed by atoms with Crippen LogP contribution >= 0.6 is 0 Å². The highest BCUT2D eigenvalue weighted by Crippen LogP contribution is 2.43. The van der Waals surface area contributed by atoms with Gasteiger partial charge in [0.2, 0.25) is 0 Å². The third-order valence-corrected chi connectivity index (χ3v) is 6.11. The Hall–Kier alpha value is -2.37. The Kier molecular flexibility index (Phi) is 5.82. The first-order chi connectivity index (χ1) is 12.9. The number of hydrogen-bond donors (Lipinski definition) is 3. The third kappa shape index (κ3) is 3.84. The quantitative estimate of drug-likeness (QED) is 0.677. The van der Waals surface area contributed by atoms with Gasteiger partial charge >= 0.3 is 17.9 Å². The standard InChI is InChI=1S/C21H26O6/c22-19(23)15-11-14(12-7-3-1-4-8-12)17(20(24)25)16(18(15)21(26)27)13-9-5-2-6-10-13/h11-13H,1-10H2,(H,22,23)(H,24,25)(H,26,27). The third-order valence-electron chi connectivity index (χ3n) is 6.11. The van der Waals surface area contributed by atoms with Crippen LogP contribution in [0.25, 0.3) is 0 Å².